The highest BCUT2D eigenvalue weighted by Gasteiger charge is 2.19. The Bertz CT molecular complexity index is 206. The summed E-state index contributed by atoms with van der Waals surface area (Å²) in [5, 5.41) is 0. The Hall–Kier alpha value is -1.57. The first-order valence-corrected chi connectivity index (χ1v) is 3.02. The van der Waals surface area contributed by atoms with E-state index in [1.807, 2.05) is 0 Å². The normalized spacial score (nSPS) is 11.5. The van der Waals surface area contributed by atoms with Crippen LogP contribution in [0.3, 0.4) is 0 Å². The summed E-state index contributed by atoms with van der Waals surface area (Å²) in [6, 6.07) is -0.914. The van der Waals surface area contributed by atoms with Crippen LogP contribution in [0, 0.1) is 6.57 Å². The number of rotatable bonds is 4. The SMILES string of the molecule is [C-]#[N+]C(CCC(N)=O)C(N)=O. The topological polar surface area (TPSA) is 90.5 Å². The van der Waals surface area contributed by atoms with Crippen LogP contribution < -0.4 is 11.5 Å². The molecule has 4 N–H and O–H groups in total. The van der Waals surface area contributed by atoms with Gasteiger partial charge in [-0.3, -0.25) is 9.59 Å². The van der Waals surface area contributed by atoms with Gasteiger partial charge in [-0.1, -0.05) is 0 Å². The maximum atomic E-state index is 10.4. The Morgan fingerprint density at radius 1 is 1.45 bits per heavy atom. The maximum Gasteiger partial charge on any atom is 0.300 e. The van der Waals surface area contributed by atoms with Crippen LogP contribution in [0.4, 0.5) is 0 Å². The predicted octanol–water partition coefficient (Wildman–Crippen LogP) is -0.975. The molecule has 11 heavy (non-hydrogen) atoms. The summed E-state index contributed by atoms with van der Waals surface area (Å²) in [4.78, 5) is 23.5. The highest BCUT2D eigenvalue weighted by molar-refractivity contribution is 5.82. The van der Waals surface area contributed by atoms with Crippen molar-refractivity contribution in [3.05, 3.63) is 11.4 Å². The monoisotopic (exact) mass is 155 g/mol. The molecule has 60 valence electrons. The minimum Gasteiger partial charge on any atom is -0.370 e. The highest BCUT2D eigenvalue weighted by Crippen LogP contribution is 1.99. The molecule has 5 nitrogen and oxygen atoms in total. The molecule has 0 bridgehead atoms. The molecule has 0 aliphatic carbocycles. The summed E-state index contributed by atoms with van der Waals surface area (Å²) in [5.41, 5.74) is 9.63. The number of hydrogen-bond acceptors (Lipinski definition) is 2. The van der Waals surface area contributed by atoms with Crippen LogP contribution in [-0.2, 0) is 9.59 Å². The molecule has 0 aliphatic rings. The van der Waals surface area contributed by atoms with Crippen molar-refractivity contribution in [3.8, 4) is 0 Å². The van der Waals surface area contributed by atoms with Gasteiger partial charge in [0.05, 0.1) is 0 Å². The van der Waals surface area contributed by atoms with E-state index in [1.165, 1.54) is 0 Å². The number of carbonyl (C=O) groups is 2. The van der Waals surface area contributed by atoms with Crippen molar-refractivity contribution in [1.29, 1.82) is 0 Å². The third-order valence-corrected chi connectivity index (χ3v) is 1.15. The van der Waals surface area contributed by atoms with Crippen molar-refractivity contribution >= 4 is 11.8 Å². The predicted molar refractivity (Wildman–Crippen MR) is 38.0 cm³/mol. The number of carbonyl (C=O) groups excluding carboxylic acids is 2. The molecule has 2 amide bonds. The molecular weight excluding hydrogens is 146 g/mol. The van der Waals surface area contributed by atoms with Crippen LogP contribution in [0.15, 0.2) is 0 Å². The second-order valence-electron chi connectivity index (χ2n) is 2.05. The Balaban J connectivity index is 3.82. The fourth-order valence-electron chi connectivity index (χ4n) is 0.549. The van der Waals surface area contributed by atoms with Gasteiger partial charge in [0.25, 0.3) is 0 Å². The summed E-state index contributed by atoms with van der Waals surface area (Å²) in [7, 11) is 0. The van der Waals surface area contributed by atoms with E-state index in [4.69, 9.17) is 18.0 Å². The molecule has 0 aromatic rings. The van der Waals surface area contributed by atoms with Crippen LogP contribution in [-0.4, -0.2) is 17.9 Å². The average Bonchev–Trinajstić information content (AvgIpc) is 1.87. The summed E-state index contributed by atoms with van der Waals surface area (Å²) in [6.07, 6.45) is 0.143. The van der Waals surface area contributed by atoms with E-state index in [0.717, 1.165) is 0 Å². The third-order valence-electron chi connectivity index (χ3n) is 1.15. The largest absolute Gasteiger partial charge is 0.370 e. The van der Waals surface area contributed by atoms with Gasteiger partial charge in [-0.25, -0.2) is 6.57 Å². The van der Waals surface area contributed by atoms with E-state index >= 15 is 0 Å². The minimum atomic E-state index is -0.914. The van der Waals surface area contributed by atoms with E-state index < -0.39 is 17.9 Å². The molecule has 0 saturated carbocycles. The van der Waals surface area contributed by atoms with Crippen LogP contribution in [0.2, 0.25) is 0 Å². The molecule has 5 heteroatoms. The standard InChI is InChI=1S/C6H9N3O2/c1-9-4(6(8)11)2-3-5(7)10/h4H,2-3H2,(H2,7,10)(H2,8,11). The van der Waals surface area contributed by atoms with Gasteiger partial charge in [0, 0.05) is 12.8 Å². The molecule has 0 heterocycles. The van der Waals surface area contributed by atoms with Crippen molar-refractivity contribution in [3.63, 3.8) is 0 Å². The van der Waals surface area contributed by atoms with Gasteiger partial charge in [0.2, 0.25) is 5.91 Å². The van der Waals surface area contributed by atoms with Gasteiger partial charge in [0.1, 0.15) is 0 Å². The van der Waals surface area contributed by atoms with E-state index in [9.17, 15) is 9.59 Å². The zero-order valence-electron chi connectivity index (χ0n) is 5.91. The van der Waals surface area contributed by atoms with Gasteiger partial charge < -0.3 is 16.3 Å². The smallest absolute Gasteiger partial charge is 0.300 e. The number of hydrogen-bond donors (Lipinski definition) is 2. The molecule has 0 rings (SSSR count). The fourth-order valence-corrected chi connectivity index (χ4v) is 0.549. The van der Waals surface area contributed by atoms with Crippen molar-refractivity contribution < 1.29 is 9.59 Å². The lowest BCUT2D eigenvalue weighted by molar-refractivity contribution is -0.119. The van der Waals surface area contributed by atoms with Crippen LogP contribution in [0.5, 0.6) is 0 Å². The molecule has 0 aliphatic heterocycles. The van der Waals surface area contributed by atoms with Gasteiger partial charge in [0.15, 0.2) is 0 Å². The number of amides is 2. The molecule has 0 fully saturated rings. The lowest BCUT2D eigenvalue weighted by Gasteiger charge is -1.97. The minimum absolute atomic E-state index is 0.0238. The first-order valence-electron chi connectivity index (χ1n) is 3.02. The van der Waals surface area contributed by atoms with Gasteiger partial charge >= 0.3 is 11.9 Å². The van der Waals surface area contributed by atoms with Crippen LogP contribution in [0.1, 0.15) is 12.8 Å². The maximum absolute atomic E-state index is 10.4. The number of primary amides is 2. The lowest BCUT2D eigenvalue weighted by atomic mass is 10.1. The van der Waals surface area contributed by atoms with E-state index in [0.29, 0.717) is 0 Å². The molecular formula is C6H9N3O2. The third kappa shape index (κ3) is 3.92. The molecule has 0 aromatic heterocycles. The molecule has 1 atom stereocenters. The Labute approximate surface area is 64.2 Å². The van der Waals surface area contributed by atoms with Crippen molar-refractivity contribution in [1.82, 2.24) is 0 Å². The zero-order valence-corrected chi connectivity index (χ0v) is 5.91. The molecule has 0 spiro atoms. The first kappa shape index (κ1) is 9.43. The molecule has 0 radical (unpaired) electrons. The quantitative estimate of drug-likeness (QED) is 0.511. The van der Waals surface area contributed by atoms with E-state index in [1.54, 1.807) is 0 Å². The molecule has 0 aromatic carbocycles. The van der Waals surface area contributed by atoms with Crippen molar-refractivity contribution in [2.75, 3.05) is 0 Å². The highest BCUT2D eigenvalue weighted by atomic mass is 16.1. The van der Waals surface area contributed by atoms with Crippen LogP contribution in [0.25, 0.3) is 4.85 Å². The average molecular weight is 155 g/mol. The summed E-state index contributed by atoms with van der Waals surface area (Å²) < 4.78 is 0. The summed E-state index contributed by atoms with van der Waals surface area (Å²) >= 11 is 0. The Morgan fingerprint density at radius 2 is 2.00 bits per heavy atom. The number of nitrogens with zero attached hydrogens (tertiary/aromatic N) is 1. The van der Waals surface area contributed by atoms with Crippen molar-refractivity contribution in [2.45, 2.75) is 18.9 Å². The van der Waals surface area contributed by atoms with Gasteiger partial charge in [-0.15, -0.1) is 0 Å². The molecule has 1 unspecified atom stereocenters. The first-order chi connectivity index (χ1) is 5.07. The Kier molecular flexibility index (Phi) is 3.67. The van der Waals surface area contributed by atoms with Crippen molar-refractivity contribution in [2.24, 2.45) is 11.5 Å². The second kappa shape index (κ2) is 4.28. The molecule has 0 saturated heterocycles. The van der Waals surface area contributed by atoms with E-state index in [2.05, 4.69) is 4.85 Å². The number of nitrogens with two attached hydrogens (primary N) is 2. The lowest BCUT2D eigenvalue weighted by Crippen LogP contribution is -2.27. The van der Waals surface area contributed by atoms with Gasteiger partial charge in [-0.2, -0.15) is 0 Å². The second-order valence-corrected chi connectivity index (χ2v) is 2.05. The summed E-state index contributed by atoms with van der Waals surface area (Å²) in [6.45, 7) is 6.51. The van der Waals surface area contributed by atoms with Crippen LogP contribution >= 0.6 is 0 Å². The van der Waals surface area contributed by atoms with Gasteiger partial charge in [-0.05, 0) is 0 Å². The van der Waals surface area contributed by atoms with E-state index in [-0.39, 0.29) is 12.8 Å². The Morgan fingerprint density at radius 3 is 2.27 bits per heavy atom. The summed E-state index contributed by atoms with van der Waals surface area (Å²) in [5.74, 6) is -1.24. The fraction of sp³-hybridized carbons (Fsp3) is 0.500. The zero-order chi connectivity index (χ0) is 8.85.